The van der Waals surface area contributed by atoms with Gasteiger partial charge in [0.15, 0.2) is 10.9 Å². The monoisotopic (exact) mass is 329 g/mol. The van der Waals surface area contributed by atoms with Crippen LogP contribution in [0.1, 0.15) is 42.6 Å². The lowest BCUT2D eigenvalue weighted by atomic mass is 9.74. The predicted molar refractivity (Wildman–Crippen MR) is 83.8 cm³/mol. The fraction of sp³-hybridized carbons (Fsp3) is 0.643. The van der Waals surface area contributed by atoms with Gasteiger partial charge in [0.25, 0.3) is 5.91 Å². The first-order valence-electron chi connectivity index (χ1n) is 7.06. The van der Waals surface area contributed by atoms with E-state index in [9.17, 15) is 9.90 Å². The van der Waals surface area contributed by atoms with E-state index >= 15 is 0 Å². The minimum Gasteiger partial charge on any atom is -0.396 e. The van der Waals surface area contributed by atoms with Crippen molar-refractivity contribution in [3.63, 3.8) is 0 Å². The Kier molecular flexibility index (Phi) is 5.84. The van der Waals surface area contributed by atoms with Crippen LogP contribution < -0.4 is 5.32 Å². The highest BCUT2D eigenvalue weighted by Crippen LogP contribution is 2.35. The van der Waals surface area contributed by atoms with Crippen molar-refractivity contribution in [3.05, 3.63) is 16.9 Å². The van der Waals surface area contributed by atoms with E-state index in [1.807, 2.05) is 6.26 Å². The van der Waals surface area contributed by atoms with Gasteiger partial charge in [-0.3, -0.25) is 4.79 Å². The summed E-state index contributed by atoms with van der Waals surface area (Å²) in [5.74, 6) is -0.309. The number of carbonyl (C=O) groups is 1. The molecule has 21 heavy (non-hydrogen) atoms. The molecule has 0 radical (unpaired) electrons. The molecule has 1 saturated carbocycles. The number of aromatic nitrogens is 2. The molecule has 1 aromatic heterocycles. The van der Waals surface area contributed by atoms with Crippen LogP contribution in [-0.4, -0.2) is 40.4 Å². The van der Waals surface area contributed by atoms with Gasteiger partial charge < -0.3 is 10.4 Å². The van der Waals surface area contributed by atoms with Crippen LogP contribution in [0.2, 0.25) is 5.02 Å². The number of nitrogens with zero attached hydrogens (tertiary/aromatic N) is 2. The van der Waals surface area contributed by atoms with Gasteiger partial charge in [-0.25, -0.2) is 9.97 Å². The third-order valence-electron chi connectivity index (χ3n) is 3.99. The third kappa shape index (κ3) is 4.08. The molecule has 0 unspecified atom stereocenters. The topological polar surface area (TPSA) is 75.1 Å². The minimum atomic E-state index is -0.309. The highest BCUT2D eigenvalue weighted by molar-refractivity contribution is 7.98. The molecule has 0 saturated heterocycles. The smallest absolute Gasteiger partial charge is 0.271 e. The van der Waals surface area contributed by atoms with Gasteiger partial charge in [0, 0.05) is 12.0 Å². The summed E-state index contributed by atoms with van der Waals surface area (Å²) >= 11 is 7.35. The number of amides is 1. The Hall–Kier alpha value is -0.850. The molecule has 116 valence electrons. The first-order valence-corrected chi connectivity index (χ1v) is 8.66. The third-order valence-corrected chi connectivity index (χ3v) is 4.83. The normalized spacial score (nSPS) is 17.5. The Labute approximate surface area is 133 Å². The van der Waals surface area contributed by atoms with E-state index < -0.39 is 0 Å². The van der Waals surface area contributed by atoms with Crippen LogP contribution in [0.5, 0.6) is 0 Å². The molecule has 2 N–H and O–H groups in total. The van der Waals surface area contributed by atoms with Gasteiger partial charge in [-0.15, -0.1) is 0 Å². The maximum absolute atomic E-state index is 12.3. The number of carbonyl (C=O) groups excluding carboxylic acids is 1. The maximum Gasteiger partial charge on any atom is 0.271 e. The van der Waals surface area contributed by atoms with Gasteiger partial charge in [-0.05, 0) is 19.1 Å². The zero-order chi connectivity index (χ0) is 15.3. The summed E-state index contributed by atoms with van der Waals surface area (Å²) in [6, 6.07) is 0. The molecule has 1 aliphatic rings. The summed E-state index contributed by atoms with van der Waals surface area (Å²) in [5, 5.41) is 13.3. The molecular formula is C14H20ClN3O2S. The number of rotatable bonds is 5. The van der Waals surface area contributed by atoms with Crippen LogP contribution in [0.3, 0.4) is 0 Å². The van der Waals surface area contributed by atoms with Crippen LogP contribution >= 0.6 is 23.4 Å². The number of aliphatic hydroxyl groups is 1. The van der Waals surface area contributed by atoms with Crippen molar-refractivity contribution in [1.82, 2.24) is 15.3 Å². The standard InChI is InChI=1S/C14H20ClN3O2S/c1-21-13-16-7-10(15)11(18-13)12(20)17-8-14(9-19)5-3-2-4-6-14/h7,19H,2-6,8-9H2,1H3,(H,17,20). The van der Waals surface area contributed by atoms with E-state index in [2.05, 4.69) is 15.3 Å². The molecule has 5 nitrogen and oxygen atoms in total. The fourth-order valence-corrected chi connectivity index (χ4v) is 3.17. The van der Waals surface area contributed by atoms with Crippen molar-refractivity contribution in [3.8, 4) is 0 Å². The van der Waals surface area contributed by atoms with Crippen molar-refractivity contribution in [2.45, 2.75) is 37.3 Å². The van der Waals surface area contributed by atoms with E-state index in [1.165, 1.54) is 24.4 Å². The van der Waals surface area contributed by atoms with Gasteiger partial charge in [0.05, 0.1) is 17.8 Å². The fourth-order valence-electron chi connectivity index (χ4n) is 2.65. The highest BCUT2D eigenvalue weighted by atomic mass is 35.5. The van der Waals surface area contributed by atoms with Gasteiger partial charge in [-0.1, -0.05) is 42.6 Å². The molecule has 1 aromatic rings. The summed E-state index contributed by atoms with van der Waals surface area (Å²) in [6.07, 6.45) is 8.56. The molecule has 0 atom stereocenters. The number of halogens is 1. The first-order chi connectivity index (χ1) is 10.1. The van der Waals surface area contributed by atoms with Crippen LogP contribution in [-0.2, 0) is 0 Å². The van der Waals surface area contributed by atoms with Crippen molar-refractivity contribution >= 4 is 29.3 Å². The van der Waals surface area contributed by atoms with Crippen molar-refractivity contribution in [2.75, 3.05) is 19.4 Å². The molecule has 7 heteroatoms. The lowest BCUT2D eigenvalue weighted by Crippen LogP contribution is -2.41. The highest BCUT2D eigenvalue weighted by Gasteiger charge is 2.32. The number of hydrogen-bond acceptors (Lipinski definition) is 5. The minimum absolute atomic E-state index is 0.0981. The molecule has 1 heterocycles. The van der Waals surface area contributed by atoms with Crippen LogP contribution in [0.4, 0.5) is 0 Å². The van der Waals surface area contributed by atoms with E-state index in [1.54, 1.807) is 0 Å². The van der Waals surface area contributed by atoms with E-state index in [0.717, 1.165) is 25.7 Å². The molecule has 1 aliphatic carbocycles. The molecular weight excluding hydrogens is 310 g/mol. The molecule has 0 bridgehead atoms. The zero-order valence-corrected chi connectivity index (χ0v) is 13.6. The Morgan fingerprint density at radius 3 is 2.81 bits per heavy atom. The Bertz CT molecular complexity index is 507. The molecule has 0 aliphatic heterocycles. The first kappa shape index (κ1) is 16.5. The quantitative estimate of drug-likeness (QED) is 0.641. The van der Waals surface area contributed by atoms with E-state index in [0.29, 0.717) is 11.7 Å². The molecule has 0 aromatic carbocycles. The molecule has 1 fully saturated rings. The van der Waals surface area contributed by atoms with Gasteiger partial charge in [0.1, 0.15) is 0 Å². The molecule has 2 rings (SSSR count). The van der Waals surface area contributed by atoms with Crippen molar-refractivity contribution in [1.29, 1.82) is 0 Å². The number of aliphatic hydroxyl groups excluding tert-OH is 1. The van der Waals surface area contributed by atoms with E-state index in [-0.39, 0.29) is 28.6 Å². The van der Waals surface area contributed by atoms with Crippen molar-refractivity contribution in [2.24, 2.45) is 5.41 Å². The Morgan fingerprint density at radius 1 is 1.48 bits per heavy atom. The summed E-state index contributed by atoms with van der Waals surface area (Å²) < 4.78 is 0. The summed E-state index contributed by atoms with van der Waals surface area (Å²) in [4.78, 5) is 20.4. The lowest BCUT2D eigenvalue weighted by molar-refractivity contribution is 0.0715. The van der Waals surface area contributed by atoms with Crippen molar-refractivity contribution < 1.29 is 9.90 Å². The van der Waals surface area contributed by atoms with Gasteiger partial charge >= 0.3 is 0 Å². The lowest BCUT2D eigenvalue weighted by Gasteiger charge is -2.35. The van der Waals surface area contributed by atoms with Crippen LogP contribution in [0.15, 0.2) is 11.4 Å². The number of thioether (sulfide) groups is 1. The summed E-state index contributed by atoms with van der Waals surface area (Å²) in [5.41, 5.74) is -0.00429. The Morgan fingerprint density at radius 2 is 2.19 bits per heavy atom. The summed E-state index contributed by atoms with van der Waals surface area (Å²) in [6.45, 7) is 0.554. The molecule has 0 spiro atoms. The van der Waals surface area contributed by atoms with Crippen LogP contribution in [0.25, 0.3) is 0 Å². The number of hydrogen-bond donors (Lipinski definition) is 2. The van der Waals surface area contributed by atoms with Gasteiger partial charge in [-0.2, -0.15) is 0 Å². The SMILES string of the molecule is CSc1ncc(Cl)c(C(=O)NCC2(CO)CCCCC2)n1. The maximum atomic E-state index is 12.3. The van der Waals surface area contributed by atoms with Crippen LogP contribution in [0, 0.1) is 5.41 Å². The van der Waals surface area contributed by atoms with Gasteiger partial charge in [0.2, 0.25) is 0 Å². The Balaban J connectivity index is 2.04. The number of nitrogens with one attached hydrogen (secondary N) is 1. The average molecular weight is 330 g/mol. The van der Waals surface area contributed by atoms with E-state index in [4.69, 9.17) is 11.6 Å². The summed E-state index contributed by atoms with van der Waals surface area (Å²) in [7, 11) is 0. The largest absolute Gasteiger partial charge is 0.396 e. The zero-order valence-electron chi connectivity index (χ0n) is 12.1. The molecule has 1 amide bonds. The second-order valence-corrected chi connectivity index (χ2v) is 6.64. The second kappa shape index (κ2) is 7.42. The predicted octanol–water partition coefficient (Wildman–Crippen LogP) is 2.52. The average Bonchev–Trinajstić information content (AvgIpc) is 2.54. The second-order valence-electron chi connectivity index (χ2n) is 5.45.